The zero-order valence-electron chi connectivity index (χ0n) is 23.6. The minimum Gasteiger partial charge on any atom is -0.462 e. The molecule has 2 atom stereocenters. The number of nitrogens with one attached hydrogen (secondary N) is 3. The van der Waals surface area contributed by atoms with Crippen molar-refractivity contribution in [3.63, 3.8) is 0 Å². The molecule has 0 radical (unpaired) electrons. The second-order valence-electron chi connectivity index (χ2n) is 11.8. The number of imidazole rings is 1. The maximum atomic E-state index is 12.8. The van der Waals surface area contributed by atoms with Gasteiger partial charge < -0.3 is 25.1 Å². The van der Waals surface area contributed by atoms with E-state index in [2.05, 4.69) is 46.6 Å². The van der Waals surface area contributed by atoms with E-state index >= 15 is 0 Å². The maximum Gasteiger partial charge on any atom is 0.233 e. The second kappa shape index (κ2) is 14.3. The Bertz CT molecular complexity index is 1110. The molecular formula is C30H43N5O5. The van der Waals surface area contributed by atoms with E-state index < -0.39 is 0 Å². The summed E-state index contributed by atoms with van der Waals surface area (Å²) < 4.78 is 10.9. The molecule has 0 saturated heterocycles. The van der Waals surface area contributed by atoms with E-state index in [1.807, 2.05) is 24.4 Å². The van der Waals surface area contributed by atoms with Crippen LogP contribution in [-0.4, -0.2) is 58.5 Å². The first kappa shape index (κ1) is 29.6. The molecule has 0 spiro atoms. The summed E-state index contributed by atoms with van der Waals surface area (Å²) >= 11 is 0. The normalized spacial score (nSPS) is 17.0. The SMILES string of the molecule is CC(C)(CNC(=O)CC(CN(O)C=O)C1CCCC1)Cc1ncc(CNC(Cc2ccccc2)C2=COCO2)[nH]1. The van der Waals surface area contributed by atoms with Crippen molar-refractivity contribution in [2.24, 2.45) is 17.3 Å². The first-order chi connectivity index (χ1) is 19.3. The van der Waals surface area contributed by atoms with Gasteiger partial charge in [-0.25, -0.2) is 10.0 Å². The molecule has 2 aromatic rings. The van der Waals surface area contributed by atoms with Crippen LogP contribution in [0.3, 0.4) is 0 Å². The largest absolute Gasteiger partial charge is 0.462 e. The predicted molar refractivity (Wildman–Crippen MR) is 150 cm³/mol. The summed E-state index contributed by atoms with van der Waals surface area (Å²) in [6.45, 7) is 5.72. The fourth-order valence-electron chi connectivity index (χ4n) is 5.63. The van der Waals surface area contributed by atoms with Gasteiger partial charge in [0.15, 0.2) is 5.76 Å². The molecule has 1 fully saturated rings. The molecular weight excluding hydrogens is 510 g/mol. The molecule has 2 unspecified atom stereocenters. The maximum absolute atomic E-state index is 12.8. The number of carbonyl (C=O) groups excluding carboxylic acids is 2. The fraction of sp³-hybridized carbons (Fsp3) is 0.567. The number of rotatable bonds is 16. The minimum absolute atomic E-state index is 0.0270. The molecule has 1 saturated carbocycles. The number of carbonyl (C=O) groups is 2. The Balaban J connectivity index is 1.26. The standard InChI is InChI=1S/C30H43N5O5/c1-30(2,19-33-29(37)13-24(17-35(38)20-36)23-10-6-7-11-23)14-28-32-16-25(34-28)15-31-26(27-18-39-21-40-27)12-22-8-4-3-5-9-22/h3-5,8-9,16,18,20,23-24,26,31,38H,6-7,10-15,17,19,21H2,1-2H3,(H,32,34)(H,33,37). The highest BCUT2D eigenvalue weighted by Gasteiger charge is 2.29. The minimum atomic E-state index is -0.220. The average molecular weight is 554 g/mol. The summed E-state index contributed by atoms with van der Waals surface area (Å²) in [5.74, 6) is 1.92. The third-order valence-electron chi connectivity index (χ3n) is 7.81. The van der Waals surface area contributed by atoms with Gasteiger partial charge in [-0.2, -0.15) is 0 Å². The molecule has 1 aliphatic carbocycles. The van der Waals surface area contributed by atoms with E-state index in [0.717, 1.165) is 49.4 Å². The Hall–Kier alpha value is -3.37. The van der Waals surface area contributed by atoms with Gasteiger partial charge in [0.2, 0.25) is 19.1 Å². The highest BCUT2D eigenvalue weighted by atomic mass is 16.7. The molecule has 40 heavy (non-hydrogen) atoms. The van der Waals surface area contributed by atoms with Crippen LogP contribution in [0.25, 0.3) is 0 Å². The van der Waals surface area contributed by atoms with Crippen LogP contribution >= 0.6 is 0 Å². The van der Waals surface area contributed by atoms with E-state index in [4.69, 9.17) is 9.47 Å². The predicted octanol–water partition coefficient (Wildman–Crippen LogP) is 3.69. The van der Waals surface area contributed by atoms with Gasteiger partial charge >= 0.3 is 0 Å². The van der Waals surface area contributed by atoms with Crippen LogP contribution in [0.2, 0.25) is 0 Å². The lowest BCUT2D eigenvalue weighted by molar-refractivity contribution is -0.154. The summed E-state index contributed by atoms with van der Waals surface area (Å²) in [5.41, 5.74) is 1.95. The summed E-state index contributed by atoms with van der Waals surface area (Å²) in [6, 6.07) is 10.2. The monoisotopic (exact) mass is 553 g/mol. The van der Waals surface area contributed by atoms with Crippen LogP contribution < -0.4 is 10.6 Å². The molecule has 4 rings (SSSR count). The van der Waals surface area contributed by atoms with Crippen molar-refractivity contribution in [1.82, 2.24) is 25.7 Å². The van der Waals surface area contributed by atoms with Gasteiger partial charge in [0.25, 0.3) is 0 Å². The van der Waals surface area contributed by atoms with Crippen molar-refractivity contribution in [1.29, 1.82) is 0 Å². The van der Waals surface area contributed by atoms with Crippen LogP contribution in [0.5, 0.6) is 0 Å². The van der Waals surface area contributed by atoms with Gasteiger partial charge in [0, 0.05) is 37.8 Å². The van der Waals surface area contributed by atoms with Crippen LogP contribution in [0.15, 0.2) is 48.5 Å². The summed E-state index contributed by atoms with van der Waals surface area (Å²) in [5, 5.41) is 17.0. The molecule has 2 amide bonds. The number of ether oxygens (including phenoxy) is 2. The fourth-order valence-corrected chi connectivity index (χ4v) is 5.63. The first-order valence-corrected chi connectivity index (χ1v) is 14.2. The van der Waals surface area contributed by atoms with Gasteiger partial charge in [-0.3, -0.25) is 14.8 Å². The van der Waals surface area contributed by atoms with Crippen molar-refractivity contribution in [3.8, 4) is 0 Å². The number of nitrogens with zero attached hydrogens (tertiary/aromatic N) is 2. The Morgan fingerprint density at radius 1 is 1.27 bits per heavy atom. The summed E-state index contributed by atoms with van der Waals surface area (Å²) in [6.07, 6.45) is 10.0. The van der Waals surface area contributed by atoms with Crippen molar-refractivity contribution < 1.29 is 24.3 Å². The van der Waals surface area contributed by atoms with E-state index in [1.165, 1.54) is 5.56 Å². The molecule has 10 nitrogen and oxygen atoms in total. The Kier molecular flexibility index (Phi) is 10.6. The number of aromatic amines is 1. The first-order valence-electron chi connectivity index (χ1n) is 14.2. The molecule has 2 aliphatic rings. The molecule has 2 heterocycles. The van der Waals surface area contributed by atoms with E-state index in [0.29, 0.717) is 43.3 Å². The van der Waals surface area contributed by atoms with Gasteiger partial charge in [0.1, 0.15) is 12.1 Å². The molecule has 1 aliphatic heterocycles. The van der Waals surface area contributed by atoms with Crippen LogP contribution in [-0.2, 0) is 38.4 Å². The zero-order valence-corrected chi connectivity index (χ0v) is 23.6. The Morgan fingerprint density at radius 3 is 2.75 bits per heavy atom. The molecule has 4 N–H and O–H groups in total. The van der Waals surface area contributed by atoms with Gasteiger partial charge in [-0.05, 0) is 29.2 Å². The lowest BCUT2D eigenvalue weighted by Crippen LogP contribution is -2.38. The van der Waals surface area contributed by atoms with Crippen molar-refractivity contribution in [2.45, 2.75) is 71.4 Å². The second-order valence-corrected chi connectivity index (χ2v) is 11.8. The average Bonchev–Trinajstić information content (AvgIpc) is 3.73. The van der Waals surface area contributed by atoms with Crippen molar-refractivity contribution in [2.75, 3.05) is 19.9 Å². The zero-order chi connectivity index (χ0) is 28.4. The number of amides is 2. The molecule has 1 aromatic carbocycles. The molecule has 218 valence electrons. The van der Waals surface area contributed by atoms with E-state index in [1.54, 1.807) is 6.26 Å². The quantitative estimate of drug-likeness (QED) is 0.142. The number of H-pyrrole nitrogens is 1. The lowest BCUT2D eigenvalue weighted by Gasteiger charge is -2.27. The third-order valence-corrected chi connectivity index (χ3v) is 7.81. The highest BCUT2D eigenvalue weighted by Crippen LogP contribution is 2.33. The van der Waals surface area contributed by atoms with Gasteiger partial charge in [-0.1, -0.05) is 69.9 Å². The smallest absolute Gasteiger partial charge is 0.233 e. The Morgan fingerprint density at radius 2 is 2.05 bits per heavy atom. The number of aromatic nitrogens is 2. The topological polar surface area (TPSA) is 129 Å². The van der Waals surface area contributed by atoms with Gasteiger partial charge in [0.05, 0.1) is 12.6 Å². The number of hydrogen-bond acceptors (Lipinski definition) is 7. The number of benzene rings is 1. The van der Waals surface area contributed by atoms with Crippen LogP contribution in [0.4, 0.5) is 0 Å². The van der Waals surface area contributed by atoms with Crippen molar-refractivity contribution in [3.05, 3.63) is 65.6 Å². The highest BCUT2D eigenvalue weighted by molar-refractivity contribution is 5.76. The number of hydroxylamine groups is 2. The summed E-state index contributed by atoms with van der Waals surface area (Å²) in [7, 11) is 0. The number of hydrogen-bond donors (Lipinski definition) is 4. The Labute approximate surface area is 236 Å². The third kappa shape index (κ3) is 9.09. The molecule has 1 aromatic heterocycles. The van der Waals surface area contributed by atoms with Crippen LogP contribution in [0, 0.1) is 17.3 Å². The van der Waals surface area contributed by atoms with Gasteiger partial charge in [-0.15, -0.1) is 0 Å². The van der Waals surface area contributed by atoms with E-state index in [-0.39, 0.29) is 36.6 Å². The summed E-state index contributed by atoms with van der Waals surface area (Å²) in [4.78, 5) is 31.8. The molecule has 10 heteroatoms. The lowest BCUT2D eigenvalue weighted by atomic mass is 9.86. The van der Waals surface area contributed by atoms with Crippen LogP contribution in [0.1, 0.15) is 63.0 Å². The molecule has 0 bridgehead atoms. The van der Waals surface area contributed by atoms with Crippen molar-refractivity contribution >= 4 is 12.3 Å². The van der Waals surface area contributed by atoms with E-state index in [9.17, 15) is 14.8 Å².